The van der Waals surface area contributed by atoms with Gasteiger partial charge < -0.3 is 0 Å². The fraction of sp³-hybridized carbons (Fsp3) is 0.150. The molecule has 0 saturated carbocycles. The first-order valence-corrected chi connectivity index (χ1v) is 9.69. The molecule has 0 N–H and O–H groups in total. The van der Waals surface area contributed by atoms with E-state index < -0.39 is 0 Å². The van der Waals surface area contributed by atoms with Crippen molar-refractivity contribution in [1.29, 1.82) is 5.26 Å². The summed E-state index contributed by atoms with van der Waals surface area (Å²) in [5.41, 5.74) is 3.02. The van der Waals surface area contributed by atoms with Crippen LogP contribution in [0.1, 0.15) is 28.4 Å². The summed E-state index contributed by atoms with van der Waals surface area (Å²) in [6.07, 6.45) is 4.28. The van der Waals surface area contributed by atoms with Gasteiger partial charge in [0.1, 0.15) is 4.38 Å². The maximum atomic E-state index is 12.2. The molecular formula is C20H18N2OS2. The van der Waals surface area contributed by atoms with Crippen LogP contribution in [0.15, 0.2) is 71.1 Å². The molecule has 2 aromatic carbocycles. The Kier molecular flexibility index (Phi) is 8.03. The molecular weight excluding hydrogens is 348 g/mol. The Labute approximate surface area is 156 Å². The maximum absolute atomic E-state index is 12.2. The zero-order valence-electron chi connectivity index (χ0n) is 13.9. The highest BCUT2D eigenvalue weighted by Crippen LogP contribution is 2.22. The molecule has 2 rings (SSSR count). The molecule has 0 saturated heterocycles. The van der Waals surface area contributed by atoms with E-state index in [4.69, 9.17) is 5.26 Å². The van der Waals surface area contributed by atoms with Gasteiger partial charge in [0.2, 0.25) is 6.19 Å². The number of aliphatic imine (C=N–C) groups is 1. The molecule has 25 heavy (non-hydrogen) atoms. The van der Waals surface area contributed by atoms with Gasteiger partial charge in [-0.3, -0.25) is 4.79 Å². The Morgan fingerprint density at radius 2 is 1.84 bits per heavy atom. The highest BCUT2D eigenvalue weighted by atomic mass is 32.2. The predicted octanol–water partition coefficient (Wildman–Crippen LogP) is 5.45. The van der Waals surface area contributed by atoms with Crippen LogP contribution in [0, 0.1) is 11.5 Å². The maximum Gasteiger partial charge on any atom is 0.207 e. The predicted molar refractivity (Wildman–Crippen MR) is 108 cm³/mol. The molecule has 0 heterocycles. The number of carbonyl (C=O) groups excluding carboxylic acids is 1. The molecule has 0 radical (unpaired) electrons. The molecule has 126 valence electrons. The lowest BCUT2D eigenvalue weighted by Crippen LogP contribution is -1.94. The molecule has 0 aliphatic rings. The number of thioether (sulfide) groups is 2. The number of rotatable bonds is 6. The second kappa shape index (κ2) is 10.5. The summed E-state index contributed by atoms with van der Waals surface area (Å²) >= 11 is 2.76. The summed E-state index contributed by atoms with van der Waals surface area (Å²) in [4.78, 5) is 16.0. The van der Waals surface area contributed by atoms with Crippen molar-refractivity contribution in [2.75, 3.05) is 0 Å². The van der Waals surface area contributed by atoms with Crippen molar-refractivity contribution in [3.8, 4) is 6.19 Å². The first-order chi connectivity index (χ1) is 12.2. The monoisotopic (exact) mass is 366 g/mol. The topological polar surface area (TPSA) is 53.2 Å². The number of hydrogen-bond acceptors (Lipinski definition) is 5. The largest absolute Gasteiger partial charge is 0.289 e. The summed E-state index contributed by atoms with van der Waals surface area (Å²) in [6, 6.07) is 17.6. The molecule has 5 heteroatoms. The van der Waals surface area contributed by atoms with Crippen LogP contribution in [0.3, 0.4) is 0 Å². The van der Waals surface area contributed by atoms with Gasteiger partial charge in [-0.1, -0.05) is 85.0 Å². The Morgan fingerprint density at radius 1 is 1.12 bits per heavy atom. The lowest BCUT2D eigenvalue weighted by atomic mass is 10.1. The van der Waals surface area contributed by atoms with Crippen LogP contribution < -0.4 is 0 Å². The molecule has 2 aromatic rings. The van der Waals surface area contributed by atoms with Gasteiger partial charge in [0.15, 0.2) is 5.78 Å². The average Bonchev–Trinajstić information content (AvgIpc) is 2.67. The number of carbonyl (C=O) groups is 1. The summed E-state index contributed by atoms with van der Waals surface area (Å²) < 4.78 is 0.622. The van der Waals surface area contributed by atoms with E-state index in [2.05, 4.69) is 11.9 Å². The fourth-order valence-corrected chi connectivity index (χ4v) is 3.61. The fourth-order valence-electron chi connectivity index (χ4n) is 2.01. The second-order valence-corrected chi connectivity index (χ2v) is 7.20. The van der Waals surface area contributed by atoms with Crippen LogP contribution in [0.4, 0.5) is 0 Å². The standard InChI is InChI=1S/C20H18N2OS2/c1-2-16-8-10-18(11-9-16)19(23)12-13-24-20(22-15-21)25-14-17-6-4-3-5-7-17/h3-13H,2,14H2,1H3. The lowest BCUT2D eigenvalue weighted by Gasteiger charge is -2.02. The minimum atomic E-state index is -0.0560. The third-order valence-corrected chi connectivity index (χ3v) is 5.40. The van der Waals surface area contributed by atoms with Gasteiger partial charge in [-0.25, -0.2) is 0 Å². The number of nitrogens with zero attached hydrogens (tertiary/aromatic N) is 2. The van der Waals surface area contributed by atoms with Crippen molar-refractivity contribution in [1.82, 2.24) is 0 Å². The van der Waals surface area contributed by atoms with Crippen molar-refractivity contribution in [3.05, 3.63) is 82.8 Å². The molecule has 0 atom stereocenters. The molecule has 0 bridgehead atoms. The van der Waals surface area contributed by atoms with E-state index in [1.165, 1.54) is 35.2 Å². The molecule has 0 fully saturated rings. The first kappa shape index (κ1) is 19.0. The van der Waals surface area contributed by atoms with Crippen molar-refractivity contribution in [3.63, 3.8) is 0 Å². The highest BCUT2D eigenvalue weighted by Gasteiger charge is 2.04. The van der Waals surface area contributed by atoms with Gasteiger partial charge in [-0.15, -0.1) is 0 Å². The van der Waals surface area contributed by atoms with Crippen molar-refractivity contribution < 1.29 is 4.79 Å². The number of benzene rings is 2. The Balaban J connectivity index is 1.91. The van der Waals surface area contributed by atoms with Crippen molar-refractivity contribution in [2.45, 2.75) is 19.1 Å². The minimum Gasteiger partial charge on any atom is -0.289 e. The number of allylic oxidation sites excluding steroid dienone is 1. The van der Waals surface area contributed by atoms with Gasteiger partial charge in [0.05, 0.1) is 0 Å². The smallest absolute Gasteiger partial charge is 0.207 e. The zero-order valence-corrected chi connectivity index (χ0v) is 15.5. The van der Waals surface area contributed by atoms with Crippen molar-refractivity contribution in [2.24, 2.45) is 4.99 Å². The lowest BCUT2D eigenvalue weighted by molar-refractivity contribution is 0.104. The number of nitriles is 1. The number of ketones is 1. The summed E-state index contributed by atoms with van der Waals surface area (Å²) in [5, 5.41) is 10.5. The minimum absolute atomic E-state index is 0.0560. The molecule has 0 aliphatic heterocycles. The van der Waals surface area contributed by atoms with Crippen LogP contribution in [-0.4, -0.2) is 10.2 Å². The first-order valence-electron chi connectivity index (χ1n) is 7.83. The van der Waals surface area contributed by atoms with Crippen LogP contribution in [0.5, 0.6) is 0 Å². The Bertz CT molecular complexity index is 791. The van der Waals surface area contributed by atoms with Crippen molar-refractivity contribution >= 4 is 33.7 Å². The van der Waals surface area contributed by atoms with Gasteiger partial charge in [-0.05, 0) is 29.0 Å². The van der Waals surface area contributed by atoms with Gasteiger partial charge in [0, 0.05) is 11.3 Å². The number of hydrogen-bond donors (Lipinski definition) is 0. The Morgan fingerprint density at radius 3 is 2.48 bits per heavy atom. The molecule has 0 aliphatic carbocycles. The van der Waals surface area contributed by atoms with E-state index in [-0.39, 0.29) is 5.78 Å². The van der Waals surface area contributed by atoms with Crippen LogP contribution >= 0.6 is 23.5 Å². The van der Waals surface area contributed by atoms with Crippen LogP contribution in [0.2, 0.25) is 0 Å². The van der Waals surface area contributed by atoms with Crippen LogP contribution in [0.25, 0.3) is 0 Å². The van der Waals surface area contributed by atoms with E-state index in [0.29, 0.717) is 9.94 Å². The molecule has 0 aromatic heterocycles. The molecule has 0 unspecified atom stereocenters. The van der Waals surface area contributed by atoms with Gasteiger partial charge in [-0.2, -0.15) is 10.3 Å². The molecule has 3 nitrogen and oxygen atoms in total. The SMILES string of the molecule is CCc1ccc(C(=O)C=CSC(=NC#N)SCc2ccccc2)cc1. The Hall–Kier alpha value is -2.29. The summed E-state index contributed by atoms with van der Waals surface area (Å²) in [5.74, 6) is 0.675. The third-order valence-electron chi connectivity index (χ3n) is 3.38. The molecule has 0 spiro atoms. The molecule has 0 amide bonds. The summed E-state index contributed by atoms with van der Waals surface area (Å²) in [7, 11) is 0. The van der Waals surface area contributed by atoms with E-state index in [1.807, 2.05) is 60.8 Å². The highest BCUT2D eigenvalue weighted by molar-refractivity contribution is 8.39. The second-order valence-electron chi connectivity index (χ2n) is 5.09. The van der Waals surface area contributed by atoms with E-state index in [1.54, 1.807) is 5.41 Å². The van der Waals surface area contributed by atoms with E-state index >= 15 is 0 Å². The van der Waals surface area contributed by atoms with Gasteiger partial charge >= 0.3 is 0 Å². The normalized spacial score (nSPS) is 11.4. The summed E-state index contributed by atoms with van der Waals surface area (Å²) in [6.45, 7) is 2.08. The van der Waals surface area contributed by atoms with E-state index in [0.717, 1.165) is 17.7 Å². The zero-order chi connectivity index (χ0) is 17.9. The quantitative estimate of drug-likeness (QED) is 0.224. The third kappa shape index (κ3) is 6.61. The number of aryl methyl sites for hydroxylation is 1. The average molecular weight is 367 g/mol. The van der Waals surface area contributed by atoms with Crippen LogP contribution in [-0.2, 0) is 12.2 Å². The van der Waals surface area contributed by atoms with E-state index in [9.17, 15) is 4.79 Å². The van der Waals surface area contributed by atoms with Gasteiger partial charge in [0.25, 0.3) is 0 Å².